The van der Waals surface area contributed by atoms with Crippen molar-refractivity contribution >= 4 is 29.1 Å². The van der Waals surface area contributed by atoms with Crippen LogP contribution < -0.4 is 5.32 Å². The van der Waals surface area contributed by atoms with Crippen LogP contribution in [0.15, 0.2) is 59.5 Å². The largest absolute Gasteiger partial charge is 0.325 e. The molecule has 4 heteroatoms. The number of hydrogen-bond acceptors (Lipinski definition) is 3. The van der Waals surface area contributed by atoms with Crippen molar-refractivity contribution in [3.8, 4) is 0 Å². The average molecular weight is 285 g/mol. The quantitative estimate of drug-likeness (QED) is 0.674. The number of Topliss-reactive ketones (excluding diaryl/α,β-unsaturated/α-hetero) is 1. The predicted octanol–water partition coefficient (Wildman–Crippen LogP) is 3.62. The predicted molar refractivity (Wildman–Crippen MR) is 82.2 cm³/mol. The van der Waals surface area contributed by atoms with Crippen molar-refractivity contribution in [3.05, 3.63) is 60.2 Å². The van der Waals surface area contributed by atoms with E-state index in [0.717, 1.165) is 4.90 Å². The van der Waals surface area contributed by atoms with Crippen LogP contribution in [0.4, 0.5) is 5.69 Å². The molecule has 0 heterocycles. The van der Waals surface area contributed by atoms with Crippen LogP contribution in [0.3, 0.4) is 0 Å². The molecule has 3 nitrogen and oxygen atoms in total. The van der Waals surface area contributed by atoms with Gasteiger partial charge < -0.3 is 5.32 Å². The molecule has 102 valence electrons. The van der Waals surface area contributed by atoms with Crippen molar-refractivity contribution in [2.24, 2.45) is 0 Å². The molecule has 0 aliphatic heterocycles. The normalized spacial score (nSPS) is 10.1. The summed E-state index contributed by atoms with van der Waals surface area (Å²) in [5.74, 6) is 0.315. The first-order valence-electron chi connectivity index (χ1n) is 6.24. The second-order valence-electron chi connectivity index (χ2n) is 4.28. The van der Waals surface area contributed by atoms with Crippen molar-refractivity contribution < 1.29 is 9.59 Å². The summed E-state index contributed by atoms with van der Waals surface area (Å²) >= 11 is 1.49. The molecule has 0 radical (unpaired) electrons. The van der Waals surface area contributed by atoms with Gasteiger partial charge in [0.2, 0.25) is 5.91 Å². The zero-order valence-corrected chi connectivity index (χ0v) is 11.9. The molecule has 0 unspecified atom stereocenters. The number of nitrogens with one attached hydrogen (secondary N) is 1. The van der Waals surface area contributed by atoms with Gasteiger partial charge in [-0.05, 0) is 43.3 Å². The number of anilines is 1. The minimum atomic E-state index is -0.0607. The fraction of sp³-hybridized carbons (Fsp3) is 0.125. The lowest BCUT2D eigenvalue weighted by molar-refractivity contribution is -0.113. The lowest BCUT2D eigenvalue weighted by Crippen LogP contribution is -2.13. The molecule has 20 heavy (non-hydrogen) atoms. The van der Waals surface area contributed by atoms with Crippen LogP contribution in [0.1, 0.15) is 17.3 Å². The first-order valence-corrected chi connectivity index (χ1v) is 7.22. The molecule has 2 aromatic rings. The van der Waals surface area contributed by atoms with Crippen LogP contribution in [0.25, 0.3) is 0 Å². The molecular weight excluding hydrogens is 270 g/mol. The minimum absolute atomic E-state index is 0.0162. The van der Waals surface area contributed by atoms with Crippen molar-refractivity contribution in [1.29, 1.82) is 0 Å². The lowest BCUT2D eigenvalue weighted by atomic mass is 10.1. The van der Waals surface area contributed by atoms with Crippen LogP contribution in [-0.2, 0) is 4.79 Å². The van der Waals surface area contributed by atoms with Gasteiger partial charge in [0.05, 0.1) is 5.75 Å². The topological polar surface area (TPSA) is 46.2 Å². The van der Waals surface area contributed by atoms with Gasteiger partial charge in [0, 0.05) is 16.1 Å². The van der Waals surface area contributed by atoms with Gasteiger partial charge in [-0.25, -0.2) is 0 Å². The van der Waals surface area contributed by atoms with E-state index in [1.54, 1.807) is 24.3 Å². The van der Waals surface area contributed by atoms with Gasteiger partial charge in [-0.2, -0.15) is 0 Å². The van der Waals surface area contributed by atoms with Gasteiger partial charge in [-0.15, -0.1) is 11.8 Å². The first kappa shape index (κ1) is 14.3. The Morgan fingerprint density at radius 3 is 2.25 bits per heavy atom. The van der Waals surface area contributed by atoms with Crippen LogP contribution in [0.5, 0.6) is 0 Å². The molecule has 0 aromatic heterocycles. The average Bonchev–Trinajstić information content (AvgIpc) is 2.47. The monoisotopic (exact) mass is 285 g/mol. The summed E-state index contributed by atoms with van der Waals surface area (Å²) in [5, 5.41) is 2.81. The van der Waals surface area contributed by atoms with E-state index in [-0.39, 0.29) is 11.7 Å². The fourth-order valence-corrected chi connectivity index (χ4v) is 2.37. The number of carbonyl (C=O) groups excluding carboxylic acids is 2. The Labute approximate surface area is 122 Å². The number of carbonyl (C=O) groups is 2. The number of ketones is 1. The van der Waals surface area contributed by atoms with Crippen molar-refractivity contribution in [2.75, 3.05) is 11.1 Å². The van der Waals surface area contributed by atoms with Crippen molar-refractivity contribution in [3.63, 3.8) is 0 Å². The molecule has 0 fully saturated rings. The zero-order valence-electron chi connectivity index (χ0n) is 11.1. The summed E-state index contributed by atoms with van der Waals surface area (Å²) < 4.78 is 0. The zero-order chi connectivity index (χ0) is 14.4. The van der Waals surface area contributed by atoms with Crippen LogP contribution in [0, 0.1) is 0 Å². The Kier molecular flexibility index (Phi) is 4.96. The lowest BCUT2D eigenvalue weighted by Gasteiger charge is -2.05. The minimum Gasteiger partial charge on any atom is -0.325 e. The Morgan fingerprint density at radius 2 is 1.65 bits per heavy atom. The number of hydrogen-bond donors (Lipinski definition) is 1. The van der Waals surface area contributed by atoms with Crippen LogP contribution in [0.2, 0.25) is 0 Å². The summed E-state index contributed by atoms with van der Waals surface area (Å²) in [6.07, 6.45) is 0. The molecule has 1 amide bonds. The van der Waals surface area contributed by atoms with Gasteiger partial charge in [0.15, 0.2) is 5.78 Å². The summed E-state index contributed by atoms with van der Waals surface area (Å²) in [7, 11) is 0. The second kappa shape index (κ2) is 6.91. The number of rotatable bonds is 5. The molecule has 0 aliphatic rings. The highest BCUT2D eigenvalue weighted by atomic mass is 32.2. The highest BCUT2D eigenvalue weighted by molar-refractivity contribution is 8.00. The van der Waals surface area contributed by atoms with E-state index in [0.29, 0.717) is 17.0 Å². The maximum atomic E-state index is 11.8. The van der Waals surface area contributed by atoms with E-state index in [1.807, 2.05) is 30.3 Å². The van der Waals surface area contributed by atoms with E-state index in [4.69, 9.17) is 0 Å². The highest BCUT2D eigenvalue weighted by Gasteiger charge is 2.04. The molecule has 0 spiro atoms. The van der Waals surface area contributed by atoms with Gasteiger partial charge >= 0.3 is 0 Å². The van der Waals surface area contributed by atoms with E-state index >= 15 is 0 Å². The number of amides is 1. The summed E-state index contributed by atoms with van der Waals surface area (Å²) in [6, 6.07) is 16.7. The standard InChI is InChI=1S/C16H15NO2S/c1-12(18)13-7-9-14(10-8-13)17-16(19)11-20-15-5-3-2-4-6-15/h2-10H,11H2,1H3,(H,17,19). The van der Waals surface area contributed by atoms with Crippen LogP contribution in [-0.4, -0.2) is 17.4 Å². The molecule has 1 N–H and O–H groups in total. The highest BCUT2D eigenvalue weighted by Crippen LogP contribution is 2.17. The Bertz CT molecular complexity index is 594. The molecule has 2 aromatic carbocycles. The Morgan fingerprint density at radius 1 is 1.00 bits per heavy atom. The van der Waals surface area contributed by atoms with Crippen molar-refractivity contribution in [1.82, 2.24) is 0 Å². The van der Waals surface area contributed by atoms with Gasteiger partial charge in [0.25, 0.3) is 0 Å². The maximum absolute atomic E-state index is 11.8. The Balaban J connectivity index is 1.86. The van der Waals surface area contributed by atoms with Crippen molar-refractivity contribution in [2.45, 2.75) is 11.8 Å². The molecule has 0 atom stereocenters. The summed E-state index contributed by atoms with van der Waals surface area (Å²) in [4.78, 5) is 24.0. The van der Waals surface area contributed by atoms with E-state index in [1.165, 1.54) is 18.7 Å². The molecule has 0 saturated heterocycles. The first-order chi connectivity index (χ1) is 9.65. The molecule has 2 rings (SSSR count). The van der Waals surface area contributed by atoms with Gasteiger partial charge in [-0.1, -0.05) is 18.2 Å². The van der Waals surface area contributed by atoms with E-state index in [2.05, 4.69) is 5.32 Å². The number of thioether (sulfide) groups is 1. The third-order valence-electron chi connectivity index (χ3n) is 2.69. The van der Waals surface area contributed by atoms with E-state index in [9.17, 15) is 9.59 Å². The SMILES string of the molecule is CC(=O)c1ccc(NC(=O)CSc2ccccc2)cc1. The molecule has 0 saturated carbocycles. The second-order valence-corrected chi connectivity index (χ2v) is 5.33. The molecule has 0 bridgehead atoms. The molecule has 0 aliphatic carbocycles. The third kappa shape index (κ3) is 4.24. The smallest absolute Gasteiger partial charge is 0.234 e. The van der Waals surface area contributed by atoms with Gasteiger partial charge in [-0.3, -0.25) is 9.59 Å². The van der Waals surface area contributed by atoms with E-state index < -0.39 is 0 Å². The number of benzene rings is 2. The maximum Gasteiger partial charge on any atom is 0.234 e. The Hall–Kier alpha value is -2.07. The summed E-state index contributed by atoms with van der Waals surface area (Å²) in [5.41, 5.74) is 1.34. The van der Waals surface area contributed by atoms with Gasteiger partial charge in [0.1, 0.15) is 0 Å². The summed E-state index contributed by atoms with van der Waals surface area (Å²) in [6.45, 7) is 1.52. The molecular formula is C16H15NO2S. The fourth-order valence-electron chi connectivity index (χ4n) is 1.65. The van der Waals surface area contributed by atoms with Crippen LogP contribution >= 0.6 is 11.8 Å². The third-order valence-corrected chi connectivity index (χ3v) is 3.70.